The fourth-order valence-electron chi connectivity index (χ4n) is 3.44. The lowest BCUT2D eigenvalue weighted by Crippen LogP contribution is -2.50. The molecule has 0 radical (unpaired) electrons. The Morgan fingerprint density at radius 2 is 1.64 bits per heavy atom. The van der Waals surface area contributed by atoms with Gasteiger partial charge < -0.3 is 14.1 Å². The van der Waals surface area contributed by atoms with Crippen LogP contribution in [0.5, 0.6) is 5.75 Å². The Labute approximate surface area is 188 Å². The van der Waals surface area contributed by atoms with Gasteiger partial charge in [0, 0.05) is 31.7 Å². The molecule has 0 N–H and O–H groups in total. The maximum Gasteiger partial charge on any atom is 0.290 e. The molecule has 174 valence electrons. The number of hydrogen-bond acceptors (Lipinski definition) is 5. The lowest BCUT2D eigenvalue weighted by Gasteiger charge is -2.33. The lowest BCUT2D eigenvalue weighted by atomic mass is 10.2. The van der Waals surface area contributed by atoms with Crippen LogP contribution in [-0.4, -0.2) is 49.7 Å². The third kappa shape index (κ3) is 4.60. The van der Waals surface area contributed by atoms with Crippen LogP contribution >= 0.6 is 0 Å². The van der Waals surface area contributed by atoms with E-state index in [0.717, 1.165) is 4.31 Å². The highest BCUT2D eigenvalue weighted by Gasteiger charge is 2.34. The number of piperazine rings is 1. The fourth-order valence-corrected chi connectivity index (χ4v) is 4.91. The zero-order valence-electron chi connectivity index (χ0n) is 17.2. The van der Waals surface area contributed by atoms with E-state index in [1.54, 1.807) is 18.2 Å². The summed E-state index contributed by atoms with van der Waals surface area (Å²) in [6, 6.07) is 11.9. The smallest absolute Gasteiger partial charge is 0.290 e. The topological polar surface area (TPSA) is 80.1 Å². The molecular formula is C22H19F3N2O5S. The van der Waals surface area contributed by atoms with Gasteiger partial charge >= 0.3 is 0 Å². The second-order valence-electron chi connectivity index (χ2n) is 7.25. The van der Waals surface area contributed by atoms with Crippen LogP contribution in [0.25, 0.3) is 0 Å². The first kappa shape index (κ1) is 22.9. The maximum atomic E-state index is 14.0. The molecule has 0 aliphatic carbocycles. The van der Waals surface area contributed by atoms with Crippen molar-refractivity contribution in [3.05, 3.63) is 83.6 Å². The maximum absolute atomic E-state index is 14.0. The van der Waals surface area contributed by atoms with E-state index >= 15 is 0 Å². The number of amides is 1. The van der Waals surface area contributed by atoms with Crippen LogP contribution in [0.15, 0.2) is 64.1 Å². The molecular weight excluding hydrogens is 461 g/mol. The number of ether oxygens (including phenoxy) is 1. The third-order valence-corrected chi connectivity index (χ3v) is 7.14. The molecule has 1 aromatic heterocycles. The quantitative estimate of drug-likeness (QED) is 0.505. The predicted octanol–water partition coefficient (Wildman–Crippen LogP) is 3.42. The normalized spacial score (nSPS) is 14.9. The van der Waals surface area contributed by atoms with Crippen molar-refractivity contribution in [3.8, 4) is 5.75 Å². The predicted molar refractivity (Wildman–Crippen MR) is 110 cm³/mol. The molecule has 0 atom stereocenters. The first-order valence-electron chi connectivity index (χ1n) is 9.96. The summed E-state index contributed by atoms with van der Waals surface area (Å²) in [5.41, 5.74) is 0.530. The van der Waals surface area contributed by atoms with E-state index in [9.17, 15) is 26.4 Å². The van der Waals surface area contributed by atoms with Crippen molar-refractivity contribution in [1.29, 1.82) is 0 Å². The summed E-state index contributed by atoms with van der Waals surface area (Å²) in [7, 11) is -4.41. The van der Waals surface area contributed by atoms with Gasteiger partial charge in [-0.25, -0.2) is 21.6 Å². The second-order valence-corrected chi connectivity index (χ2v) is 9.15. The zero-order valence-corrected chi connectivity index (χ0v) is 18.0. The molecule has 33 heavy (non-hydrogen) atoms. The van der Waals surface area contributed by atoms with E-state index in [0.29, 0.717) is 23.4 Å². The minimum atomic E-state index is -4.41. The Bertz CT molecular complexity index is 1260. The van der Waals surface area contributed by atoms with Crippen LogP contribution in [0.1, 0.15) is 16.1 Å². The van der Waals surface area contributed by atoms with Gasteiger partial charge in [-0.15, -0.1) is 0 Å². The number of benzene rings is 2. The van der Waals surface area contributed by atoms with Gasteiger partial charge in [0.15, 0.2) is 23.2 Å². The van der Waals surface area contributed by atoms with Crippen LogP contribution in [0, 0.1) is 17.5 Å². The van der Waals surface area contributed by atoms with E-state index in [4.69, 9.17) is 9.15 Å². The van der Waals surface area contributed by atoms with Gasteiger partial charge in [0.1, 0.15) is 17.3 Å². The first-order chi connectivity index (χ1) is 15.8. The van der Waals surface area contributed by atoms with Crippen LogP contribution < -0.4 is 4.74 Å². The van der Waals surface area contributed by atoms with E-state index in [1.165, 1.54) is 11.2 Å². The highest BCUT2D eigenvalue weighted by Crippen LogP contribution is 2.25. The number of nitrogens with zero attached hydrogens (tertiary/aromatic N) is 2. The van der Waals surface area contributed by atoms with Crippen LogP contribution in [0.2, 0.25) is 0 Å². The van der Waals surface area contributed by atoms with Crippen molar-refractivity contribution < 1.29 is 35.5 Å². The molecule has 2 aromatic carbocycles. The van der Waals surface area contributed by atoms with Gasteiger partial charge in [-0.1, -0.05) is 18.2 Å². The molecule has 0 bridgehead atoms. The van der Waals surface area contributed by atoms with Crippen molar-refractivity contribution in [3.63, 3.8) is 0 Å². The zero-order chi connectivity index (χ0) is 23.6. The van der Waals surface area contributed by atoms with Crippen molar-refractivity contribution in [2.75, 3.05) is 26.2 Å². The van der Waals surface area contributed by atoms with E-state index < -0.39 is 38.3 Å². The number of furan rings is 1. The van der Waals surface area contributed by atoms with Crippen LogP contribution in [-0.2, 0) is 16.6 Å². The molecule has 1 saturated heterocycles. The van der Waals surface area contributed by atoms with Crippen molar-refractivity contribution >= 4 is 15.9 Å². The van der Waals surface area contributed by atoms with Gasteiger partial charge in [-0.05, 0) is 30.3 Å². The Morgan fingerprint density at radius 1 is 0.939 bits per heavy atom. The number of para-hydroxylation sites is 1. The largest absolute Gasteiger partial charge is 0.489 e. The molecule has 11 heteroatoms. The molecule has 0 saturated carbocycles. The molecule has 0 spiro atoms. The standard InChI is InChI=1S/C22H19F3N2O5S/c23-17-6-7-18(20(25)19(17)24)33(29,30)27-11-9-26(10-12-27)22(28)21-15(8-13-31-21)14-32-16-4-2-1-3-5-16/h1-8,13H,9-12,14H2. The molecule has 4 rings (SSSR count). The molecule has 1 amide bonds. The van der Waals surface area contributed by atoms with Gasteiger partial charge in [0.2, 0.25) is 10.0 Å². The van der Waals surface area contributed by atoms with Gasteiger partial charge in [-0.3, -0.25) is 4.79 Å². The minimum Gasteiger partial charge on any atom is -0.489 e. The van der Waals surface area contributed by atoms with Gasteiger partial charge in [0.05, 0.1) is 6.26 Å². The molecule has 7 nitrogen and oxygen atoms in total. The number of carbonyl (C=O) groups is 1. The Kier molecular flexibility index (Phi) is 6.43. The van der Waals surface area contributed by atoms with Crippen molar-refractivity contribution in [2.45, 2.75) is 11.5 Å². The van der Waals surface area contributed by atoms with Crippen molar-refractivity contribution in [1.82, 2.24) is 9.21 Å². The Morgan fingerprint density at radius 3 is 2.33 bits per heavy atom. The number of sulfonamides is 1. The Hall–Kier alpha value is -3.31. The summed E-state index contributed by atoms with van der Waals surface area (Å²) in [5.74, 6) is -4.84. The van der Waals surface area contributed by atoms with E-state index in [-0.39, 0.29) is 38.5 Å². The Balaban J connectivity index is 1.42. The van der Waals surface area contributed by atoms with Gasteiger partial charge in [0.25, 0.3) is 5.91 Å². The molecule has 1 fully saturated rings. The highest BCUT2D eigenvalue weighted by molar-refractivity contribution is 7.89. The van der Waals surface area contributed by atoms with E-state index in [2.05, 4.69) is 0 Å². The number of carbonyl (C=O) groups excluding carboxylic acids is 1. The summed E-state index contributed by atoms with van der Waals surface area (Å²) in [6.07, 6.45) is 1.36. The summed E-state index contributed by atoms with van der Waals surface area (Å²) < 4.78 is 78.1. The second kappa shape index (κ2) is 9.28. The number of hydrogen-bond donors (Lipinski definition) is 0. The molecule has 2 heterocycles. The highest BCUT2D eigenvalue weighted by atomic mass is 32.2. The SMILES string of the molecule is O=C(c1occc1COc1ccccc1)N1CCN(S(=O)(=O)c2ccc(F)c(F)c2F)CC1. The monoisotopic (exact) mass is 480 g/mol. The molecule has 1 aliphatic rings. The summed E-state index contributed by atoms with van der Waals surface area (Å²) >= 11 is 0. The molecule has 0 unspecified atom stereocenters. The molecule has 1 aliphatic heterocycles. The first-order valence-corrected chi connectivity index (χ1v) is 11.4. The van der Waals surface area contributed by atoms with Crippen LogP contribution in [0.4, 0.5) is 13.2 Å². The van der Waals surface area contributed by atoms with E-state index in [1.807, 2.05) is 18.2 Å². The lowest BCUT2D eigenvalue weighted by molar-refractivity contribution is 0.0662. The average Bonchev–Trinajstić information content (AvgIpc) is 3.30. The van der Waals surface area contributed by atoms with Crippen LogP contribution in [0.3, 0.4) is 0 Å². The summed E-state index contributed by atoms with van der Waals surface area (Å²) in [6.45, 7) is -0.191. The number of halogens is 3. The number of rotatable bonds is 6. The summed E-state index contributed by atoms with van der Waals surface area (Å²) in [4.78, 5) is 13.4. The van der Waals surface area contributed by atoms with Gasteiger partial charge in [-0.2, -0.15) is 4.31 Å². The average molecular weight is 480 g/mol. The minimum absolute atomic E-state index is 0.00302. The fraction of sp³-hybridized carbons (Fsp3) is 0.227. The summed E-state index contributed by atoms with van der Waals surface area (Å²) in [5, 5.41) is 0. The molecule has 3 aromatic rings. The van der Waals surface area contributed by atoms with Crippen molar-refractivity contribution in [2.24, 2.45) is 0 Å². The third-order valence-electron chi connectivity index (χ3n) is 5.22.